The highest BCUT2D eigenvalue weighted by molar-refractivity contribution is 5.43. The van der Waals surface area contributed by atoms with E-state index < -0.39 is 0 Å². The van der Waals surface area contributed by atoms with E-state index in [0.29, 0.717) is 5.75 Å². The topological polar surface area (TPSA) is 57.2 Å². The number of aromatic hydroxyl groups is 1. The highest BCUT2D eigenvalue weighted by atomic mass is 16.5. The molecule has 5 nitrogen and oxygen atoms in total. The number of ether oxygens (including phenoxy) is 4. The molecular weight excluding hydrogens is 452 g/mol. The first kappa shape index (κ1) is 25.0. The molecule has 0 amide bonds. The molecule has 36 heavy (non-hydrogen) atoms. The Morgan fingerprint density at radius 1 is 0.472 bits per heavy atom. The van der Waals surface area contributed by atoms with Gasteiger partial charge in [0.05, 0.1) is 21.3 Å². The molecule has 0 atom stereocenters. The predicted octanol–water partition coefficient (Wildman–Crippen LogP) is 6.78. The fraction of sp³-hybridized carbons (Fsp3) is 0.226. The van der Waals surface area contributed by atoms with Gasteiger partial charge in [0.15, 0.2) is 0 Å². The highest BCUT2D eigenvalue weighted by Gasteiger charge is 2.07. The summed E-state index contributed by atoms with van der Waals surface area (Å²) in [7, 11) is 4.97. The van der Waals surface area contributed by atoms with Gasteiger partial charge in [-0.15, -0.1) is 0 Å². The minimum absolute atomic E-state index is 0.180. The molecule has 0 heterocycles. The van der Waals surface area contributed by atoms with Crippen molar-refractivity contribution in [2.24, 2.45) is 0 Å². The molecule has 0 bridgehead atoms. The molecule has 0 fully saturated rings. The molecule has 0 saturated carbocycles. The number of phenols is 1. The molecule has 0 aliphatic rings. The van der Waals surface area contributed by atoms with Crippen LogP contribution in [-0.4, -0.2) is 26.4 Å². The smallest absolute Gasteiger partial charge is 0.131 e. The van der Waals surface area contributed by atoms with Crippen LogP contribution >= 0.6 is 0 Å². The average molecular weight is 485 g/mol. The van der Waals surface area contributed by atoms with Crippen LogP contribution in [0.3, 0.4) is 0 Å². The normalized spacial score (nSPS) is 10.6. The second-order valence-electron chi connectivity index (χ2n) is 8.66. The summed E-state index contributed by atoms with van der Waals surface area (Å²) in [4.78, 5) is 0. The molecule has 0 radical (unpaired) electrons. The summed E-state index contributed by atoms with van der Waals surface area (Å²) < 4.78 is 22.2. The third kappa shape index (κ3) is 6.95. The first-order valence-electron chi connectivity index (χ1n) is 12.0. The average Bonchev–Trinajstić information content (AvgIpc) is 2.90. The number of aryl methyl sites for hydroxylation is 4. The SMILES string of the molecule is COc1cccc(CCc2cccc(Oc3cc(O)cc(CCc4cc(OC)cc(OC)c4)c3)c2)c1. The lowest BCUT2D eigenvalue weighted by Gasteiger charge is -2.11. The van der Waals surface area contributed by atoms with Gasteiger partial charge in [0.2, 0.25) is 0 Å². The van der Waals surface area contributed by atoms with Crippen molar-refractivity contribution in [3.05, 3.63) is 107 Å². The summed E-state index contributed by atoms with van der Waals surface area (Å²) in [6, 6.07) is 27.5. The van der Waals surface area contributed by atoms with Crippen LogP contribution in [0, 0.1) is 0 Å². The van der Waals surface area contributed by atoms with E-state index in [1.165, 1.54) is 11.1 Å². The Morgan fingerprint density at radius 2 is 0.944 bits per heavy atom. The second kappa shape index (κ2) is 12.0. The zero-order valence-electron chi connectivity index (χ0n) is 21.0. The summed E-state index contributed by atoms with van der Waals surface area (Å²) in [6.45, 7) is 0. The zero-order chi connectivity index (χ0) is 25.3. The Bertz CT molecular complexity index is 1280. The first-order valence-corrected chi connectivity index (χ1v) is 12.0. The molecule has 4 aromatic carbocycles. The standard InChI is InChI=1S/C31H32O5/c1-33-27-8-4-6-22(15-27)10-11-23-7-5-9-28(16-23)36-31-19-24(14-26(32)20-31)12-13-25-17-29(34-2)21-30(18-25)35-3/h4-9,14-21,32H,10-13H2,1-3H3. The maximum atomic E-state index is 10.3. The van der Waals surface area contributed by atoms with Gasteiger partial charge in [-0.2, -0.15) is 0 Å². The molecular formula is C31H32O5. The number of hydrogen-bond acceptors (Lipinski definition) is 5. The van der Waals surface area contributed by atoms with Gasteiger partial charge in [-0.25, -0.2) is 0 Å². The summed E-state index contributed by atoms with van der Waals surface area (Å²) >= 11 is 0. The maximum absolute atomic E-state index is 10.3. The summed E-state index contributed by atoms with van der Waals surface area (Å²) in [5.41, 5.74) is 4.50. The monoisotopic (exact) mass is 484 g/mol. The van der Waals surface area contributed by atoms with Gasteiger partial charge < -0.3 is 24.1 Å². The quantitative estimate of drug-likeness (QED) is 0.254. The van der Waals surface area contributed by atoms with Crippen molar-refractivity contribution in [2.75, 3.05) is 21.3 Å². The van der Waals surface area contributed by atoms with Crippen molar-refractivity contribution >= 4 is 0 Å². The molecule has 4 aromatic rings. The van der Waals surface area contributed by atoms with E-state index in [2.05, 4.69) is 18.2 Å². The van der Waals surface area contributed by atoms with Gasteiger partial charge in [0.25, 0.3) is 0 Å². The first-order chi connectivity index (χ1) is 17.5. The molecule has 186 valence electrons. The molecule has 0 unspecified atom stereocenters. The van der Waals surface area contributed by atoms with Crippen molar-refractivity contribution < 1.29 is 24.1 Å². The van der Waals surface area contributed by atoms with Crippen LogP contribution < -0.4 is 18.9 Å². The largest absolute Gasteiger partial charge is 0.508 e. The zero-order valence-corrected chi connectivity index (χ0v) is 21.0. The van der Waals surface area contributed by atoms with E-state index in [9.17, 15) is 5.11 Å². The van der Waals surface area contributed by atoms with Crippen molar-refractivity contribution in [1.29, 1.82) is 0 Å². The van der Waals surface area contributed by atoms with Gasteiger partial charge in [0.1, 0.15) is 34.5 Å². The van der Waals surface area contributed by atoms with Crippen molar-refractivity contribution in [2.45, 2.75) is 25.7 Å². The Morgan fingerprint density at radius 3 is 1.56 bits per heavy atom. The predicted molar refractivity (Wildman–Crippen MR) is 142 cm³/mol. The molecule has 0 aliphatic heterocycles. The third-order valence-corrected chi connectivity index (χ3v) is 6.04. The van der Waals surface area contributed by atoms with Gasteiger partial charge in [-0.05, 0) is 96.5 Å². The van der Waals surface area contributed by atoms with Crippen molar-refractivity contribution in [3.8, 4) is 34.5 Å². The number of phenolic OH excluding ortho intramolecular Hbond substituents is 1. The van der Waals surface area contributed by atoms with Gasteiger partial charge in [0, 0.05) is 12.1 Å². The Balaban J connectivity index is 1.41. The fourth-order valence-corrected chi connectivity index (χ4v) is 4.16. The van der Waals surface area contributed by atoms with E-state index in [1.54, 1.807) is 33.5 Å². The van der Waals surface area contributed by atoms with Crippen LogP contribution in [0.1, 0.15) is 22.3 Å². The lowest BCUT2D eigenvalue weighted by Crippen LogP contribution is -1.96. The fourth-order valence-electron chi connectivity index (χ4n) is 4.16. The van der Waals surface area contributed by atoms with E-state index in [4.69, 9.17) is 18.9 Å². The molecule has 0 spiro atoms. The lowest BCUT2D eigenvalue weighted by molar-refractivity contribution is 0.393. The number of hydrogen-bond donors (Lipinski definition) is 1. The van der Waals surface area contributed by atoms with Crippen LogP contribution in [0.25, 0.3) is 0 Å². The molecule has 4 rings (SSSR count). The van der Waals surface area contributed by atoms with Gasteiger partial charge in [-0.3, -0.25) is 0 Å². The van der Waals surface area contributed by atoms with Crippen LogP contribution in [0.4, 0.5) is 0 Å². The Kier molecular flexibility index (Phi) is 8.35. The number of benzene rings is 4. The van der Waals surface area contributed by atoms with E-state index in [1.807, 2.05) is 54.6 Å². The summed E-state index contributed by atoms with van der Waals surface area (Å²) in [5.74, 6) is 3.92. The van der Waals surface area contributed by atoms with E-state index >= 15 is 0 Å². The second-order valence-corrected chi connectivity index (χ2v) is 8.66. The van der Waals surface area contributed by atoms with Crippen molar-refractivity contribution in [1.82, 2.24) is 0 Å². The van der Waals surface area contributed by atoms with Crippen molar-refractivity contribution in [3.63, 3.8) is 0 Å². The maximum Gasteiger partial charge on any atom is 0.131 e. The number of methoxy groups -OCH3 is 3. The van der Waals surface area contributed by atoms with Gasteiger partial charge in [-0.1, -0.05) is 24.3 Å². The van der Waals surface area contributed by atoms with Crippen LogP contribution in [0.15, 0.2) is 84.9 Å². The minimum Gasteiger partial charge on any atom is -0.508 e. The Labute approximate surface area is 212 Å². The van der Waals surface area contributed by atoms with E-state index in [-0.39, 0.29) is 5.75 Å². The van der Waals surface area contributed by atoms with Crippen LogP contribution in [0.5, 0.6) is 34.5 Å². The summed E-state index contributed by atoms with van der Waals surface area (Å²) in [5, 5.41) is 10.3. The lowest BCUT2D eigenvalue weighted by atomic mass is 10.0. The summed E-state index contributed by atoms with van der Waals surface area (Å²) in [6.07, 6.45) is 3.31. The molecule has 0 saturated heterocycles. The minimum atomic E-state index is 0.180. The Hall–Kier alpha value is -4.12. The van der Waals surface area contributed by atoms with E-state index in [0.717, 1.165) is 59.8 Å². The highest BCUT2D eigenvalue weighted by Crippen LogP contribution is 2.29. The molecule has 0 aliphatic carbocycles. The molecule has 0 aromatic heterocycles. The third-order valence-electron chi connectivity index (χ3n) is 6.04. The van der Waals surface area contributed by atoms with Gasteiger partial charge >= 0.3 is 0 Å². The number of rotatable bonds is 11. The van der Waals surface area contributed by atoms with Crippen LogP contribution in [0.2, 0.25) is 0 Å². The molecule has 1 N–H and O–H groups in total. The molecule has 5 heteroatoms. The van der Waals surface area contributed by atoms with Crippen LogP contribution in [-0.2, 0) is 25.7 Å².